The standard InChI is InChI=1S/C55H14B2F30/c58-25-19(26(59)38(71)49(82)37(25)70)17(56(21-29(62)41(74)51(84)42(75)30(21)63)22-31(64)43(76)52(85)44(77)32(22)65)9-11-55(15-7-3-1-5-13(15)14-6-2-4-8-16(14)55)12-10-18(20-27(60)39(72)50(83)40(73)28(20)61)57(23-33(66)45(78)53(86)46(79)34(23)67)24-35(68)47(80)54(87)48(81)36(24)69/h1-10H,11-12H2/b17-9-,18-10-. The van der Waals surface area contributed by atoms with Crippen LogP contribution in [0.25, 0.3) is 22.1 Å². The van der Waals surface area contributed by atoms with Crippen LogP contribution in [0, 0.1) is 175 Å². The van der Waals surface area contributed by atoms with Gasteiger partial charge in [-0.25, -0.2) is 132 Å². The van der Waals surface area contributed by atoms with Crippen LogP contribution in [0.5, 0.6) is 0 Å². The summed E-state index contributed by atoms with van der Waals surface area (Å²) in [7, 11) is 0. The molecule has 87 heavy (non-hydrogen) atoms. The largest absolute Gasteiger partial charge is 0.257 e. The zero-order valence-corrected chi connectivity index (χ0v) is 41.2. The van der Waals surface area contributed by atoms with Crippen LogP contribution in [0.4, 0.5) is 132 Å². The van der Waals surface area contributed by atoms with E-state index in [1.165, 1.54) is 0 Å². The van der Waals surface area contributed by atoms with Gasteiger partial charge in [-0.15, -0.1) is 0 Å². The van der Waals surface area contributed by atoms with Gasteiger partial charge < -0.3 is 0 Å². The van der Waals surface area contributed by atoms with Gasteiger partial charge in [0.2, 0.25) is 11.6 Å². The zero-order valence-electron chi connectivity index (χ0n) is 41.2. The van der Waals surface area contributed by atoms with Gasteiger partial charge in [0, 0.05) is 38.4 Å². The third kappa shape index (κ3) is 9.27. The predicted molar refractivity (Wildman–Crippen MR) is 245 cm³/mol. The Balaban J connectivity index is 1.52. The van der Waals surface area contributed by atoms with Gasteiger partial charge in [0.25, 0.3) is 13.4 Å². The first kappa shape index (κ1) is 62.8. The Hall–Kier alpha value is -8.73. The minimum atomic E-state index is -4.36. The minimum absolute atomic E-state index is 0.296. The maximum atomic E-state index is 16.5. The smallest absolute Gasteiger partial charge is 0.204 e. The Kier molecular flexibility index (Phi) is 16.3. The molecule has 0 bridgehead atoms. The van der Waals surface area contributed by atoms with Crippen molar-refractivity contribution in [3.05, 3.63) is 257 Å². The van der Waals surface area contributed by atoms with E-state index in [2.05, 4.69) is 0 Å². The second kappa shape index (κ2) is 22.5. The van der Waals surface area contributed by atoms with E-state index >= 15 is 105 Å². The van der Waals surface area contributed by atoms with Gasteiger partial charge in [0.05, 0.1) is 0 Å². The Morgan fingerprint density at radius 3 is 0.621 bits per heavy atom. The molecule has 8 aromatic carbocycles. The molecule has 0 aromatic heterocycles. The lowest BCUT2D eigenvalue weighted by Gasteiger charge is -2.33. The molecule has 32 heteroatoms. The van der Waals surface area contributed by atoms with Crippen LogP contribution in [0.2, 0.25) is 0 Å². The molecule has 450 valence electrons. The molecule has 0 N–H and O–H groups in total. The number of allylic oxidation sites excluding steroid dienone is 2. The van der Waals surface area contributed by atoms with Crippen molar-refractivity contribution in [3.8, 4) is 11.1 Å². The highest BCUT2D eigenvalue weighted by atomic mass is 19.2. The summed E-state index contributed by atoms with van der Waals surface area (Å²) in [5.74, 6) is -99.0. The molecule has 1 aliphatic carbocycles. The zero-order chi connectivity index (χ0) is 64.4. The molecule has 0 aliphatic heterocycles. The number of fused-ring (bicyclic) bond motifs is 3. The molecular weight excluding hydrogens is 1250 g/mol. The van der Waals surface area contributed by atoms with Crippen LogP contribution < -0.4 is 21.9 Å². The van der Waals surface area contributed by atoms with Crippen LogP contribution in [-0.4, -0.2) is 13.4 Å². The van der Waals surface area contributed by atoms with Gasteiger partial charge in [0.1, 0.15) is 0 Å². The quantitative estimate of drug-likeness (QED) is 0.0495. The first-order chi connectivity index (χ1) is 40.7. The summed E-state index contributed by atoms with van der Waals surface area (Å²) in [6, 6.07) is 7.76. The maximum absolute atomic E-state index is 16.5. The number of halogens is 30. The molecule has 0 amide bonds. The topological polar surface area (TPSA) is 0 Å². The fourth-order valence-electron chi connectivity index (χ4n) is 10.4. The third-order valence-electron chi connectivity index (χ3n) is 14.3. The van der Waals surface area contributed by atoms with E-state index in [0.29, 0.717) is 0 Å². The lowest BCUT2D eigenvalue weighted by molar-refractivity contribution is 0.376. The van der Waals surface area contributed by atoms with E-state index in [4.69, 9.17) is 0 Å². The summed E-state index contributed by atoms with van der Waals surface area (Å²) in [6.45, 7) is -8.72. The highest BCUT2D eigenvalue weighted by Gasteiger charge is 2.49. The summed E-state index contributed by atoms with van der Waals surface area (Å²) >= 11 is 0. The fourth-order valence-corrected chi connectivity index (χ4v) is 10.4. The molecule has 8 aromatic rings. The van der Waals surface area contributed by atoms with Gasteiger partial charge in [-0.05, 0) is 35.1 Å². The molecule has 0 radical (unpaired) electrons. The van der Waals surface area contributed by atoms with Crippen molar-refractivity contribution in [1.29, 1.82) is 0 Å². The van der Waals surface area contributed by atoms with Crippen LogP contribution >= 0.6 is 0 Å². The molecule has 0 saturated carbocycles. The van der Waals surface area contributed by atoms with Gasteiger partial charge in [0.15, 0.2) is 163 Å². The van der Waals surface area contributed by atoms with E-state index in [1.807, 2.05) is 0 Å². The molecule has 0 fully saturated rings. The van der Waals surface area contributed by atoms with Gasteiger partial charge in [-0.3, -0.25) is 0 Å². The highest BCUT2D eigenvalue weighted by molar-refractivity contribution is 7.00. The van der Waals surface area contributed by atoms with Crippen molar-refractivity contribution in [3.63, 3.8) is 0 Å². The Bertz CT molecular complexity index is 3790. The van der Waals surface area contributed by atoms with Crippen molar-refractivity contribution in [2.75, 3.05) is 0 Å². The first-order valence-corrected chi connectivity index (χ1v) is 23.4. The molecule has 0 spiro atoms. The average Bonchev–Trinajstić information content (AvgIpc) is 1.73. The van der Waals surface area contributed by atoms with Crippen LogP contribution in [0.1, 0.15) is 35.1 Å². The van der Waals surface area contributed by atoms with E-state index in [9.17, 15) is 26.3 Å². The molecule has 1 aliphatic rings. The molecule has 0 heterocycles. The summed E-state index contributed by atoms with van der Waals surface area (Å²) in [6.07, 6.45) is -4.41. The Morgan fingerprint density at radius 1 is 0.241 bits per heavy atom. The number of hydrogen-bond donors (Lipinski definition) is 0. The Morgan fingerprint density at radius 2 is 0.414 bits per heavy atom. The van der Waals surface area contributed by atoms with E-state index in [1.54, 1.807) is 0 Å². The lowest BCUT2D eigenvalue weighted by atomic mass is 9.34. The summed E-state index contributed by atoms with van der Waals surface area (Å²) in [4.78, 5) is 0. The van der Waals surface area contributed by atoms with Crippen LogP contribution in [0.15, 0.2) is 60.7 Å². The molecular formula is C55H14B2F30. The van der Waals surface area contributed by atoms with Crippen molar-refractivity contribution >= 4 is 46.2 Å². The average molecular weight is 1270 g/mol. The van der Waals surface area contributed by atoms with Crippen LogP contribution in [0.3, 0.4) is 0 Å². The van der Waals surface area contributed by atoms with Crippen molar-refractivity contribution in [2.45, 2.75) is 18.3 Å². The van der Waals surface area contributed by atoms with Gasteiger partial charge in [-0.2, -0.15) is 0 Å². The predicted octanol–water partition coefficient (Wildman–Crippen LogP) is 14.8. The van der Waals surface area contributed by atoms with Crippen molar-refractivity contribution in [2.24, 2.45) is 0 Å². The molecule has 0 saturated heterocycles. The second-order valence-electron chi connectivity index (χ2n) is 18.6. The van der Waals surface area contributed by atoms with E-state index in [0.717, 1.165) is 48.5 Å². The molecule has 9 rings (SSSR count). The lowest BCUT2D eigenvalue weighted by Crippen LogP contribution is -2.52. The van der Waals surface area contributed by atoms with Crippen LogP contribution in [-0.2, 0) is 5.41 Å². The summed E-state index contributed by atoms with van der Waals surface area (Å²) in [5.41, 5.74) is -27.6. The monoisotopic (exact) mass is 1270 g/mol. The normalized spacial score (nSPS) is 13.0. The molecule has 0 unspecified atom stereocenters. The molecule has 0 atom stereocenters. The Labute approximate surface area is 464 Å². The number of rotatable bonds is 12. The number of benzene rings is 8. The summed E-state index contributed by atoms with van der Waals surface area (Å²) in [5, 5.41) is 0. The maximum Gasteiger partial charge on any atom is 0.257 e. The minimum Gasteiger partial charge on any atom is -0.204 e. The van der Waals surface area contributed by atoms with Gasteiger partial charge in [-0.1, -0.05) is 71.6 Å². The van der Waals surface area contributed by atoms with E-state index in [-0.39, 0.29) is 23.3 Å². The van der Waals surface area contributed by atoms with Crippen molar-refractivity contribution in [1.82, 2.24) is 0 Å². The number of hydrogen-bond acceptors (Lipinski definition) is 0. The highest BCUT2D eigenvalue weighted by Crippen LogP contribution is 2.54. The van der Waals surface area contributed by atoms with Gasteiger partial charge >= 0.3 is 0 Å². The van der Waals surface area contributed by atoms with Crippen molar-refractivity contribution < 1.29 is 132 Å². The van der Waals surface area contributed by atoms with E-state index < -0.39 is 261 Å². The summed E-state index contributed by atoms with van der Waals surface area (Å²) < 4.78 is 469. The third-order valence-corrected chi connectivity index (χ3v) is 14.3. The molecule has 0 nitrogen and oxygen atoms in total. The second-order valence-corrected chi connectivity index (χ2v) is 18.6. The SMILES string of the molecule is Fc1c(F)c(F)c(B(/C(=C\CC2(C/C=C(\B(c3c(F)c(F)c(F)c(F)c3F)c3c(F)c(F)c(F)c(F)c3F)c3c(F)c(F)c(F)c(F)c3F)c3ccccc3-c3ccccc32)c2c(F)c(F)c(F)c(F)c2F)c2c(F)c(F)c(F)c(F)c2F)c(F)c1F. The first-order valence-electron chi connectivity index (χ1n) is 23.4. The fraction of sp³-hybridized carbons (Fsp3) is 0.0545.